The highest BCUT2D eigenvalue weighted by Gasteiger charge is 2.30. The molecule has 2 unspecified atom stereocenters. The molecular weight excluding hydrogens is 212 g/mol. The van der Waals surface area contributed by atoms with E-state index in [4.69, 9.17) is 4.74 Å². The quantitative estimate of drug-likeness (QED) is 0.745. The molecule has 1 heterocycles. The summed E-state index contributed by atoms with van der Waals surface area (Å²) in [5.41, 5.74) is 0. The average Bonchev–Trinajstić information content (AvgIpc) is 2.27. The van der Waals surface area contributed by atoms with Gasteiger partial charge in [-0.15, -0.1) is 0 Å². The zero-order valence-electron chi connectivity index (χ0n) is 11.4. The van der Waals surface area contributed by atoms with Gasteiger partial charge in [-0.05, 0) is 52.5 Å². The summed E-state index contributed by atoms with van der Waals surface area (Å²) in [6.45, 7) is 6.48. The van der Waals surface area contributed by atoms with Crippen LogP contribution < -0.4 is 10.6 Å². The number of piperidine rings is 1. The van der Waals surface area contributed by atoms with E-state index < -0.39 is 0 Å². The van der Waals surface area contributed by atoms with Crippen molar-refractivity contribution in [3.05, 3.63) is 0 Å². The molecule has 0 aromatic carbocycles. The van der Waals surface area contributed by atoms with Gasteiger partial charge in [-0.25, -0.2) is 0 Å². The Bertz CT molecular complexity index is 210. The molecule has 0 aromatic rings. The van der Waals surface area contributed by atoms with Gasteiger partial charge in [0, 0.05) is 24.7 Å². The molecule has 1 aliphatic carbocycles. The highest BCUT2D eigenvalue weighted by atomic mass is 16.5. The maximum absolute atomic E-state index is 5.59. The van der Waals surface area contributed by atoms with E-state index in [2.05, 4.69) is 24.5 Å². The van der Waals surface area contributed by atoms with Crippen LogP contribution in [0.4, 0.5) is 0 Å². The lowest BCUT2D eigenvalue weighted by molar-refractivity contribution is -0.0124. The number of rotatable bonds is 6. The monoisotopic (exact) mass is 240 g/mol. The van der Waals surface area contributed by atoms with Crippen molar-refractivity contribution in [3.8, 4) is 0 Å². The van der Waals surface area contributed by atoms with Gasteiger partial charge in [0.25, 0.3) is 0 Å². The predicted molar refractivity (Wildman–Crippen MR) is 71.3 cm³/mol. The first-order valence-corrected chi connectivity index (χ1v) is 7.39. The van der Waals surface area contributed by atoms with Gasteiger partial charge in [0.15, 0.2) is 0 Å². The number of hydrogen-bond acceptors (Lipinski definition) is 3. The van der Waals surface area contributed by atoms with Gasteiger partial charge in [0.05, 0.1) is 6.10 Å². The Morgan fingerprint density at radius 2 is 2.18 bits per heavy atom. The molecule has 0 spiro atoms. The van der Waals surface area contributed by atoms with E-state index in [0.29, 0.717) is 18.2 Å². The highest BCUT2D eigenvalue weighted by Crippen LogP contribution is 2.24. The first-order chi connectivity index (χ1) is 8.28. The second-order valence-electron chi connectivity index (χ2n) is 5.70. The molecule has 3 nitrogen and oxygen atoms in total. The van der Waals surface area contributed by atoms with Crippen molar-refractivity contribution in [2.75, 3.05) is 13.2 Å². The molecule has 0 radical (unpaired) electrons. The van der Waals surface area contributed by atoms with Crippen molar-refractivity contribution in [1.29, 1.82) is 0 Å². The molecule has 3 heteroatoms. The van der Waals surface area contributed by atoms with Crippen LogP contribution in [0.1, 0.15) is 52.4 Å². The molecule has 17 heavy (non-hydrogen) atoms. The minimum Gasteiger partial charge on any atom is -0.378 e. The maximum atomic E-state index is 5.59. The van der Waals surface area contributed by atoms with E-state index in [0.717, 1.165) is 12.6 Å². The summed E-state index contributed by atoms with van der Waals surface area (Å²) in [4.78, 5) is 0. The fourth-order valence-electron chi connectivity index (χ4n) is 3.10. The van der Waals surface area contributed by atoms with Crippen molar-refractivity contribution >= 4 is 0 Å². The summed E-state index contributed by atoms with van der Waals surface area (Å²) < 4.78 is 5.59. The lowest BCUT2D eigenvalue weighted by Gasteiger charge is -2.38. The third-order valence-corrected chi connectivity index (χ3v) is 4.07. The van der Waals surface area contributed by atoms with Crippen LogP contribution in [0.5, 0.6) is 0 Å². The average molecular weight is 240 g/mol. The van der Waals surface area contributed by atoms with Crippen LogP contribution in [0.3, 0.4) is 0 Å². The van der Waals surface area contributed by atoms with Crippen LogP contribution in [0.2, 0.25) is 0 Å². The minimum absolute atomic E-state index is 0.525. The first kappa shape index (κ1) is 13.3. The summed E-state index contributed by atoms with van der Waals surface area (Å²) in [5, 5.41) is 7.36. The molecule has 1 saturated carbocycles. The van der Waals surface area contributed by atoms with Crippen LogP contribution in [-0.4, -0.2) is 37.4 Å². The molecule has 2 rings (SSSR count). The normalized spacial score (nSPS) is 35.3. The smallest absolute Gasteiger partial charge is 0.0604 e. The molecule has 1 saturated heterocycles. The highest BCUT2D eigenvalue weighted by molar-refractivity contribution is 4.88. The number of ether oxygens (including phenoxy) is 1. The minimum atomic E-state index is 0.525. The third-order valence-electron chi connectivity index (χ3n) is 4.07. The Morgan fingerprint density at radius 1 is 1.35 bits per heavy atom. The van der Waals surface area contributed by atoms with Crippen LogP contribution in [0.15, 0.2) is 0 Å². The molecule has 2 aliphatic rings. The summed E-state index contributed by atoms with van der Waals surface area (Å²) in [6.07, 6.45) is 8.33. The summed E-state index contributed by atoms with van der Waals surface area (Å²) in [7, 11) is 0. The fraction of sp³-hybridized carbons (Fsp3) is 1.00. The lowest BCUT2D eigenvalue weighted by Crippen LogP contribution is -2.50. The van der Waals surface area contributed by atoms with Crippen molar-refractivity contribution < 1.29 is 4.74 Å². The number of hydrogen-bond donors (Lipinski definition) is 2. The summed E-state index contributed by atoms with van der Waals surface area (Å²) >= 11 is 0. The van der Waals surface area contributed by atoms with Crippen molar-refractivity contribution in [3.63, 3.8) is 0 Å². The molecule has 100 valence electrons. The molecule has 0 bridgehead atoms. The fourth-order valence-corrected chi connectivity index (χ4v) is 3.10. The molecule has 2 N–H and O–H groups in total. The van der Waals surface area contributed by atoms with Gasteiger partial charge in [-0.3, -0.25) is 0 Å². The van der Waals surface area contributed by atoms with Crippen LogP contribution >= 0.6 is 0 Å². The second-order valence-corrected chi connectivity index (χ2v) is 5.70. The second kappa shape index (κ2) is 6.72. The SMILES string of the molecule is CCOC1CC(NC(C)CC2CCCCN2)C1. The van der Waals surface area contributed by atoms with Crippen LogP contribution in [0.25, 0.3) is 0 Å². The van der Waals surface area contributed by atoms with Crippen molar-refractivity contribution in [1.82, 2.24) is 10.6 Å². The molecule has 2 fully saturated rings. The number of nitrogens with one attached hydrogen (secondary N) is 2. The molecule has 0 aromatic heterocycles. The van der Waals surface area contributed by atoms with E-state index >= 15 is 0 Å². The Balaban J connectivity index is 1.56. The van der Waals surface area contributed by atoms with E-state index in [1.165, 1.54) is 45.1 Å². The molecule has 2 atom stereocenters. The van der Waals surface area contributed by atoms with Crippen LogP contribution in [-0.2, 0) is 4.74 Å². The van der Waals surface area contributed by atoms with Crippen molar-refractivity contribution in [2.45, 2.75) is 76.6 Å². The van der Waals surface area contributed by atoms with Gasteiger partial charge in [0.1, 0.15) is 0 Å². The zero-order chi connectivity index (χ0) is 12.1. The van der Waals surface area contributed by atoms with E-state index in [1.54, 1.807) is 0 Å². The van der Waals surface area contributed by atoms with Crippen molar-refractivity contribution in [2.24, 2.45) is 0 Å². The summed E-state index contributed by atoms with van der Waals surface area (Å²) in [6, 6.07) is 2.08. The largest absolute Gasteiger partial charge is 0.378 e. The van der Waals surface area contributed by atoms with E-state index in [9.17, 15) is 0 Å². The van der Waals surface area contributed by atoms with Gasteiger partial charge >= 0.3 is 0 Å². The van der Waals surface area contributed by atoms with Gasteiger partial charge in [0.2, 0.25) is 0 Å². The lowest BCUT2D eigenvalue weighted by atomic mass is 9.88. The Morgan fingerprint density at radius 3 is 2.82 bits per heavy atom. The van der Waals surface area contributed by atoms with Gasteiger partial charge in [-0.2, -0.15) is 0 Å². The molecular formula is C14H28N2O. The van der Waals surface area contributed by atoms with Crippen LogP contribution in [0, 0.1) is 0 Å². The predicted octanol–water partition coefficient (Wildman–Crippen LogP) is 2.06. The molecule has 1 aliphatic heterocycles. The Hall–Kier alpha value is -0.120. The summed E-state index contributed by atoms with van der Waals surface area (Å²) in [5.74, 6) is 0. The standard InChI is InChI=1S/C14H28N2O/c1-3-17-14-9-13(10-14)16-11(2)8-12-6-4-5-7-15-12/h11-16H,3-10H2,1-2H3. The van der Waals surface area contributed by atoms with E-state index in [-0.39, 0.29) is 0 Å². The Labute approximate surface area is 106 Å². The Kier molecular flexibility index (Phi) is 5.26. The first-order valence-electron chi connectivity index (χ1n) is 7.39. The van der Waals surface area contributed by atoms with Gasteiger partial charge in [-0.1, -0.05) is 6.42 Å². The maximum Gasteiger partial charge on any atom is 0.0604 e. The van der Waals surface area contributed by atoms with Gasteiger partial charge < -0.3 is 15.4 Å². The van der Waals surface area contributed by atoms with E-state index in [1.807, 2.05) is 0 Å². The zero-order valence-corrected chi connectivity index (χ0v) is 11.4. The topological polar surface area (TPSA) is 33.3 Å². The molecule has 0 amide bonds. The third kappa shape index (κ3) is 4.23.